The molecule has 1 heterocycles. The number of alkyl halides is 3. The predicted octanol–water partition coefficient (Wildman–Crippen LogP) is 4.25. The molecule has 2 rings (SSSR count). The second-order valence-corrected chi connectivity index (χ2v) is 5.82. The topological polar surface area (TPSA) is 38.1 Å². The van der Waals surface area contributed by atoms with E-state index in [-0.39, 0.29) is 5.54 Å². The lowest BCUT2D eigenvalue weighted by Crippen LogP contribution is -2.35. The molecule has 0 unspecified atom stereocenters. The number of nitrogens with zero attached hydrogens (tertiary/aromatic N) is 1. The van der Waals surface area contributed by atoms with Gasteiger partial charge in [-0.15, -0.1) is 0 Å². The summed E-state index contributed by atoms with van der Waals surface area (Å²) in [7, 11) is 0. The van der Waals surface area contributed by atoms with Crippen molar-refractivity contribution >= 4 is 0 Å². The van der Waals surface area contributed by atoms with Crippen molar-refractivity contribution in [1.82, 2.24) is 10.3 Å². The minimum Gasteiger partial charge on any atom is -0.444 e. The smallest absolute Gasteiger partial charge is 0.416 e. The standard InChI is InChI=1S/C15H17F3N2O/c1-14(2,3)19-8-12-9-21-13(20-12)10-4-6-11(7-5-10)15(16,17)18/h4-7,9,19H,8H2,1-3H3. The van der Waals surface area contributed by atoms with Crippen molar-refractivity contribution in [3.63, 3.8) is 0 Å². The molecule has 6 heteroatoms. The third kappa shape index (κ3) is 4.32. The van der Waals surface area contributed by atoms with Gasteiger partial charge in [0.1, 0.15) is 6.26 Å². The lowest BCUT2D eigenvalue weighted by Gasteiger charge is -2.19. The van der Waals surface area contributed by atoms with Crippen LogP contribution in [-0.4, -0.2) is 10.5 Å². The molecule has 21 heavy (non-hydrogen) atoms. The Kier molecular flexibility index (Phi) is 4.09. The number of nitrogens with one attached hydrogen (secondary N) is 1. The number of hydrogen-bond acceptors (Lipinski definition) is 3. The molecule has 1 aromatic heterocycles. The summed E-state index contributed by atoms with van der Waals surface area (Å²) in [5, 5.41) is 3.26. The Hall–Kier alpha value is -1.82. The molecule has 0 aliphatic carbocycles. The Bertz CT molecular complexity index is 595. The van der Waals surface area contributed by atoms with E-state index in [1.54, 1.807) is 0 Å². The Morgan fingerprint density at radius 1 is 1.10 bits per heavy atom. The molecule has 1 N–H and O–H groups in total. The highest BCUT2D eigenvalue weighted by atomic mass is 19.4. The van der Waals surface area contributed by atoms with Gasteiger partial charge in [0.25, 0.3) is 0 Å². The van der Waals surface area contributed by atoms with Crippen LogP contribution in [0.25, 0.3) is 11.5 Å². The first-order chi connectivity index (χ1) is 9.65. The van der Waals surface area contributed by atoms with Crippen LogP contribution < -0.4 is 5.32 Å². The number of hydrogen-bond donors (Lipinski definition) is 1. The maximum atomic E-state index is 12.5. The average molecular weight is 298 g/mol. The van der Waals surface area contributed by atoms with Crippen molar-refractivity contribution in [1.29, 1.82) is 0 Å². The van der Waals surface area contributed by atoms with Gasteiger partial charge in [0.15, 0.2) is 0 Å². The molecule has 0 aliphatic heterocycles. The van der Waals surface area contributed by atoms with E-state index in [0.29, 0.717) is 23.7 Å². The molecule has 0 fully saturated rings. The summed E-state index contributed by atoms with van der Waals surface area (Å²) in [5.74, 6) is 0.314. The van der Waals surface area contributed by atoms with Crippen LogP contribution >= 0.6 is 0 Å². The molecular formula is C15H17F3N2O. The predicted molar refractivity (Wildman–Crippen MR) is 73.5 cm³/mol. The zero-order chi connectivity index (χ0) is 15.7. The van der Waals surface area contributed by atoms with Crippen molar-refractivity contribution in [2.24, 2.45) is 0 Å². The molecule has 0 saturated heterocycles. The Balaban J connectivity index is 2.11. The normalized spacial score (nSPS) is 12.7. The fraction of sp³-hybridized carbons (Fsp3) is 0.400. The maximum absolute atomic E-state index is 12.5. The summed E-state index contributed by atoms with van der Waals surface area (Å²) < 4.78 is 42.8. The van der Waals surface area contributed by atoms with Gasteiger partial charge in [-0.05, 0) is 45.0 Å². The van der Waals surface area contributed by atoms with Crippen molar-refractivity contribution in [3.8, 4) is 11.5 Å². The summed E-state index contributed by atoms with van der Waals surface area (Å²) in [4.78, 5) is 4.26. The van der Waals surface area contributed by atoms with Crippen LogP contribution in [0.5, 0.6) is 0 Å². The van der Waals surface area contributed by atoms with Gasteiger partial charge < -0.3 is 9.73 Å². The van der Waals surface area contributed by atoms with Crippen LogP contribution in [0.1, 0.15) is 32.0 Å². The van der Waals surface area contributed by atoms with Crippen LogP contribution in [-0.2, 0) is 12.7 Å². The molecule has 0 aliphatic rings. The van der Waals surface area contributed by atoms with Crippen LogP contribution in [0.15, 0.2) is 34.9 Å². The summed E-state index contributed by atoms with van der Waals surface area (Å²) in [6.45, 7) is 6.63. The van der Waals surface area contributed by atoms with E-state index in [4.69, 9.17) is 4.42 Å². The molecule has 0 spiro atoms. The molecule has 114 valence electrons. The number of oxazole rings is 1. The van der Waals surface area contributed by atoms with Crippen molar-refractivity contribution in [2.45, 2.75) is 39.0 Å². The van der Waals surface area contributed by atoms with Gasteiger partial charge in [0.2, 0.25) is 5.89 Å². The first kappa shape index (κ1) is 15.6. The van der Waals surface area contributed by atoms with E-state index in [9.17, 15) is 13.2 Å². The van der Waals surface area contributed by atoms with E-state index in [1.165, 1.54) is 18.4 Å². The summed E-state index contributed by atoms with van der Waals surface area (Å²) >= 11 is 0. The van der Waals surface area contributed by atoms with E-state index in [2.05, 4.69) is 10.3 Å². The third-order valence-corrected chi connectivity index (χ3v) is 2.81. The highest BCUT2D eigenvalue weighted by molar-refractivity contribution is 5.53. The molecular weight excluding hydrogens is 281 g/mol. The average Bonchev–Trinajstić information content (AvgIpc) is 2.83. The van der Waals surface area contributed by atoms with Gasteiger partial charge in [-0.3, -0.25) is 0 Å². The van der Waals surface area contributed by atoms with Crippen molar-refractivity contribution < 1.29 is 17.6 Å². The molecule has 1 aromatic carbocycles. The molecule has 0 bridgehead atoms. The van der Waals surface area contributed by atoms with Crippen molar-refractivity contribution in [3.05, 3.63) is 41.8 Å². The van der Waals surface area contributed by atoms with Gasteiger partial charge in [-0.1, -0.05) is 0 Å². The number of rotatable bonds is 3. The largest absolute Gasteiger partial charge is 0.444 e. The summed E-state index contributed by atoms with van der Waals surface area (Å²) in [6.07, 6.45) is -2.83. The van der Waals surface area contributed by atoms with Gasteiger partial charge in [0.05, 0.1) is 11.3 Å². The van der Waals surface area contributed by atoms with Crippen LogP contribution in [0.3, 0.4) is 0 Å². The zero-order valence-corrected chi connectivity index (χ0v) is 12.1. The van der Waals surface area contributed by atoms with Crippen molar-refractivity contribution in [2.75, 3.05) is 0 Å². The lowest BCUT2D eigenvalue weighted by atomic mass is 10.1. The Labute approximate surface area is 121 Å². The quantitative estimate of drug-likeness (QED) is 0.920. The summed E-state index contributed by atoms with van der Waals surface area (Å²) in [5.41, 5.74) is 0.491. The first-order valence-electron chi connectivity index (χ1n) is 6.52. The minimum atomic E-state index is -4.34. The molecule has 0 amide bonds. The highest BCUT2D eigenvalue weighted by Crippen LogP contribution is 2.30. The van der Waals surface area contributed by atoms with Gasteiger partial charge >= 0.3 is 6.18 Å². The molecule has 2 aromatic rings. The van der Waals surface area contributed by atoms with E-state index >= 15 is 0 Å². The molecule has 3 nitrogen and oxygen atoms in total. The Morgan fingerprint density at radius 3 is 2.24 bits per heavy atom. The van der Waals surface area contributed by atoms with E-state index in [0.717, 1.165) is 12.1 Å². The fourth-order valence-corrected chi connectivity index (χ4v) is 1.68. The van der Waals surface area contributed by atoms with Crippen LogP contribution in [0.4, 0.5) is 13.2 Å². The monoisotopic (exact) mass is 298 g/mol. The highest BCUT2D eigenvalue weighted by Gasteiger charge is 2.30. The lowest BCUT2D eigenvalue weighted by molar-refractivity contribution is -0.137. The van der Waals surface area contributed by atoms with Crippen LogP contribution in [0, 0.1) is 0 Å². The SMILES string of the molecule is CC(C)(C)NCc1coc(-c2ccc(C(F)(F)F)cc2)n1. The first-order valence-corrected chi connectivity index (χ1v) is 6.52. The third-order valence-electron chi connectivity index (χ3n) is 2.81. The molecule has 0 saturated carbocycles. The van der Waals surface area contributed by atoms with Gasteiger partial charge in [0, 0.05) is 17.6 Å². The fourth-order valence-electron chi connectivity index (χ4n) is 1.68. The molecule has 0 atom stereocenters. The number of halogens is 3. The minimum absolute atomic E-state index is 0.0481. The molecule has 0 radical (unpaired) electrons. The van der Waals surface area contributed by atoms with Gasteiger partial charge in [-0.25, -0.2) is 4.98 Å². The maximum Gasteiger partial charge on any atom is 0.416 e. The van der Waals surface area contributed by atoms with Gasteiger partial charge in [-0.2, -0.15) is 13.2 Å². The summed E-state index contributed by atoms with van der Waals surface area (Å²) in [6, 6.07) is 4.75. The number of aromatic nitrogens is 1. The van der Waals surface area contributed by atoms with E-state index in [1.807, 2.05) is 20.8 Å². The second-order valence-electron chi connectivity index (χ2n) is 5.82. The zero-order valence-electron chi connectivity index (χ0n) is 12.1. The second kappa shape index (κ2) is 5.52. The number of benzene rings is 1. The Morgan fingerprint density at radius 2 is 1.71 bits per heavy atom. The van der Waals surface area contributed by atoms with Crippen LogP contribution in [0.2, 0.25) is 0 Å². The van der Waals surface area contributed by atoms with E-state index < -0.39 is 11.7 Å².